The maximum Gasteiger partial charge on any atom is 0.334 e. The van der Waals surface area contributed by atoms with Gasteiger partial charge in [0, 0.05) is 12.8 Å². The van der Waals surface area contributed by atoms with Gasteiger partial charge in [-0.1, -0.05) is 0 Å². The number of nitrogens with one attached hydrogen (secondary N) is 1. The molecule has 0 saturated heterocycles. The number of hydrogen-bond donors (Lipinski definition) is 1. The second-order valence-corrected chi connectivity index (χ2v) is 4.43. The molecule has 106 valence electrons. The molecule has 0 aromatic heterocycles. The summed E-state index contributed by atoms with van der Waals surface area (Å²) < 4.78 is 23.2. The van der Waals surface area contributed by atoms with E-state index in [9.17, 15) is 9.18 Å². The number of anilines is 1. The Morgan fingerprint density at radius 3 is 2.47 bits per heavy atom. The molecule has 4 nitrogen and oxygen atoms in total. The molecule has 0 aliphatic rings. The lowest BCUT2D eigenvalue weighted by Gasteiger charge is -2.34. The van der Waals surface area contributed by atoms with Crippen LogP contribution in [-0.2, 0) is 14.3 Å². The molecular weight excluding hydrogens is 249 g/mol. The van der Waals surface area contributed by atoms with E-state index in [2.05, 4.69) is 5.32 Å². The van der Waals surface area contributed by atoms with Crippen LogP contribution >= 0.6 is 0 Å². The summed E-state index contributed by atoms with van der Waals surface area (Å²) in [6, 6.07) is 5.78. The van der Waals surface area contributed by atoms with Gasteiger partial charge in [-0.25, -0.2) is 9.18 Å². The molecule has 1 N–H and O–H groups in total. The fraction of sp³-hybridized carbons (Fsp3) is 0.500. The first-order valence-corrected chi connectivity index (χ1v) is 6.17. The molecule has 19 heavy (non-hydrogen) atoms. The molecule has 5 heteroatoms. The van der Waals surface area contributed by atoms with Gasteiger partial charge in [-0.2, -0.15) is 0 Å². The Kier molecular flexibility index (Phi) is 5.30. The summed E-state index contributed by atoms with van der Waals surface area (Å²) in [5, 5.41) is 3.05. The highest BCUT2D eigenvalue weighted by Gasteiger charge is 2.41. The minimum absolute atomic E-state index is 0.288. The molecule has 0 amide bonds. The molecule has 1 aromatic rings. The zero-order valence-corrected chi connectivity index (χ0v) is 11.7. The van der Waals surface area contributed by atoms with Crippen molar-refractivity contribution in [3.8, 4) is 0 Å². The zero-order chi connectivity index (χ0) is 14.5. The fourth-order valence-electron chi connectivity index (χ4n) is 1.67. The average Bonchev–Trinajstić information content (AvgIpc) is 2.40. The first kappa shape index (κ1) is 15.4. The predicted molar refractivity (Wildman–Crippen MR) is 71.5 cm³/mol. The van der Waals surface area contributed by atoms with Gasteiger partial charge in [0.25, 0.3) is 0 Å². The van der Waals surface area contributed by atoms with Crippen LogP contribution in [0.25, 0.3) is 0 Å². The molecule has 0 aliphatic carbocycles. The van der Waals surface area contributed by atoms with E-state index in [1.165, 1.54) is 19.2 Å². The van der Waals surface area contributed by atoms with Crippen molar-refractivity contribution < 1.29 is 18.7 Å². The highest BCUT2D eigenvalue weighted by Crippen LogP contribution is 2.22. The highest BCUT2D eigenvalue weighted by molar-refractivity contribution is 5.85. The van der Waals surface area contributed by atoms with Crippen LogP contribution in [0.2, 0.25) is 0 Å². The van der Waals surface area contributed by atoms with Crippen molar-refractivity contribution in [2.24, 2.45) is 0 Å². The number of hydrogen-bond acceptors (Lipinski definition) is 4. The van der Waals surface area contributed by atoms with Gasteiger partial charge in [-0.05, 0) is 45.0 Å². The molecule has 2 atom stereocenters. The lowest BCUT2D eigenvalue weighted by Crippen LogP contribution is -2.53. The lowest BCUT2D eigenvalue weighted by atomic mass is 9.95. The van der Waals surface area contributed by atoms with Gasteiger partial charge < -0.3 is 14.8 Å². The third-order valence-electron chi connectivity index (χ3n) is 3.11. The summed E-state index contributed by atoms with van der Waals surface area (Å²) in [6.07, 6.45) is -0.406. The molecule has 0 saturated carbocycles. The minimum Gasteiger partial charge on any atom is -0.464 e. The quantitative estimate of drug-likeness (QED) is 0.806. The second kappa shape index (κ2) is 6.52. The number of ether oxygens (including phenoxy) is 2. The van der Waals surface area contributed by atoms with Crippen LogP contribution < -0.4 is 5.32 Å². The normalized spacial score (nSPS) is 15.4. The van der Waals surface area contributed by atoms with Gasteiger partial charge in [-0.3, -0.25) is 0 Å². The molecule has 1 rings (SSSR count). The van der Waals surface area contributed by atoms with E-state index in [-0.39, 0.29) is 12.4 Å². The zero-order valence-electron chi connectivity index (χ0n) is 11.7. The number of halogens is 1. The number of methoxy groups -OCH3 is 1. The van der Waals surface area contributed by atoms with Gasteiger partial charge in [0.05, 0.1) is 12.7 Å². The molecule has 2 unspecified atom stereocenters. The summed E-state index contributed by atoms with van der Waals surface area (Å²) in [5.41, 5.74) is -0.413. The van der Waals surface area contributed by atoms with Crippen LogP contribution in [0.3, 0.4) is 0 Å². The molecule has 0 bridgehead atoms. The maximum atomic E-state index is 12.9. The average molecular weight is 269 g/mol. The molecule has 1 aromatic carbocycles. The van der Waals surface area contributed by atoms with Crippen LogP contribution in [0.1, 0.15) is 20.8 Å². The van der Waals surface area contributed by atoms with E-state index < -0.39 is 17.6 Å². The van der Waals surface area contributed by atoms with Crippen molar-refractivity contribution in [2.75, 3.05) is 19.0 Å². The Morgan fingerprint density at radius 2 is 2.00 bits per heavy atom. The molecule has 0 heterocycles. The molecule has 0 spiro atoms. The Bertz CT molecular complexity index is 421. The van der Waals surface area contributed by atoms with Crippen LogP contribution in [0.15, 0.2) is 24.3 Å². The SMILES string of the molecule is CCOC(=O)C(C)(Nc1ccc(F)cc1)C(C)OC. The summed E-state index contributed by atoms with van der Waals surface area (Å²) in [7, 11) is 1.52. The van der Waals surface area contributed by atoms with Gasteiger partial charge in [0.1, 0.15) is 5.82 Å². The first-order valence-electron chi connectivity index (χ1n) is 6.17. The van der Waals surface area contributed by atoms with Crippen molar-refractivity contribution in [3.63, 3.8) is 0 Å². The van der Waals surface area contributed by atoms with E-state index >= 15 is 0 Å². The smallest absolute Gasteiger partial charge is 0.334 e. The summed E-state index contributed by atoms with van der Waals surface area (Å²) in [6.45, 7) is 5.50. The van der Waals surface area contributed by atoms with Crippen LogP contribution in [0.5, 0.6) is 0 Å². The van der Waals surface area contributed by atoms with Crippen molar-refractivity contribution in [2.45, 2.75) is 32.4 Å². The fourth-order valence-corrected chi connectivity index (χ4v) is 1.67. The monoisotopic (exact) mass is 269 g/mol. The van der Waals surface area contributed by atoms with Crippen molar-refractivity contribution in [1.82, 2.24) is 0 Å². The largest absolute Gasteiger partial charge is 0.464 e. The predicted octanol–water partition coefficient (Wildman–Crippen LogP) is 2.59. The number of benzene rings is 1. The number of carbonyl (C=O) groups is 1. The van der Waals surface area contributed by atoms with Crippen molar-refractivity contribution in [1.29, 1.82) is 0 Å². The topological polar surface area (TPSA) is 47.6 Å². The van der Waals surface area contributed by atoms with Gasteiger partial charge in [-0.15, -0.1) is 0 Å². The highest BCUT2D eigenvalue weighted by atomic mass is 19.1. The van der Waals surface area contributed by atoms with E-state index in [0.717, 1.165) is 0 Å². The number of carbonyl (C=O) groups excluding carboxylic acids is 1. The summed E-state index contributed by atoms with van der Waals surface area (Å²) in [4.78, 5) is 12.1. The maximum absolute atomic E-state index is 12.9. The third kappa shape index (κ3) is 3.67. The Morgan fingerprint density at radius 1 is 1.42 bits per heavy atom. The van der Waals surface area contributed by atoms with Crippen molar-refractivity contribution in [3.05, 3.63) is 30.1 Å². The van der Waals surface area contributed by atoms with Gasteiger partial charge >= 0.3 is 5.97 Å². The minimum atomic E-state index is -1.04. The second-order valence-electron chi connectivity index (χ2n) is 4.43. The van der Waals surface area contributed by atoms with Crippen LogP contribution in [0, 0.1) is 5.82 Å². The summed E-state index contributed by atoms with van der Waals surface area (Å²) in [5.74, 6) is -0.739. The summed E-state index contributed by atoms with van der Waals surface area (Å²) >= 11 is 0. The van der Waals surface area contributed by atoms with E-state index in [1.807, 2.05) is 0 Å². The lowest BCUT2D eigenvalue weighted by molar-refractivity contribution is -0.152. The van der Waals surface area contributed by atoms with E-state index in [0.29, 0.717) is 5.69 Å². The first-order chi connectivity index (χ1) is 8.93. The molecule has 0 aliphatic heterocycles. The van der Waals surface area contributed by atoms with Gasteiger partial charge in [0.15, 0.2) is 5.54 Å². The molecule has 0 radical (unpaired) electrons. The van der Waals surface area contributed by atoms with Crippen LogP contribution in [-0.4, -0.2) is 31.3 Å². The third-order valence-corrected chi connectivity index (χ3v) is 3.11. The molecular formula is C14H20FNO3. The van der Waals surface area contributed by atoms with Crippen LogP contribution in [0.4, 0.5) is 10.1 Å². The number of rotatable bonds is 6. The van der Waals surface area contributed by atoms with Gasteiger partial charge in [0.2, 0.25) is 0 Å². The van der Waals surface area contributed by atoms with E-state index in [1.54, 1.807) is 32.9 Å². The van der Waals surface area contributed by atoms with Crippen molar-refractivity contribution >= 4 is 11.7 Å². The number of esters is 1. The Hall–Kier alpha value is -1.62. The molecule has 0 fully saturated rings. The standard InChI is InChI=1S/C14H20FNO3/c1-5-19-13(17)14(3,10(2)18-4)16-12-8-6-11(15)7-9-12/h6-10,16H,5H2,1-4H3. The Balaban J connectivity index is 2.97. The van der Waals surface area contributed by atoms with E-state index in [4.69, 9.17) is 9.47 Å². The Labute approximate surface area is 112 Å².